The van der Waals surface area contributed by atoms with Crippen LogP contribution in [0.4, 0.5) is 5.69 Å². The van der Waals surface area contributed by atoms with Gasteiger partial charge in [0.2, 0.25) is 0 Å². The van der Waals surface area contributed by atoms with Gasteiger partial charge in [0.1, 0.15) is 11.5 Å². The zero-order chi connectivity index (χ0) is 18.1. The molecule has 27 heavy (non-hydrogen) atoms. The van der Waals surface area contributed by atoms with Crippen LogP contribution >= 0.6 is 11.3 Å². The minimum Gasteiger partial charge on any atom is -0.463 e. The maximum absolute atomic E-state index is 5.85. The topological polar surface area (TPSA) is 39.7 Å². The summed E-state index contributed by atoms with van der Waals surface area (Å²) in [7, 11) is 0. The lowest BCUT2D eigenvalue weighted by atomic mass is 10.3. The third-order valence-electron chi connectivity index (χ3n) is 4.47. The van der Waals surface area contributed by atoms with Gasteiger partial charge in [0.15, 0.2) is 10.6 Å². The molecule has 0 saturated heterocycles. The Balaban J connectivity index is 1.45. The summed E-state index contributed by atoms with van der Waals surface area (Å²) in [6, 6.07) is 22.1. The van der Waals surface area contributed by atoms with Crippen molar-refractivity contribution in [3.63, 3.8) is 0 Å². The van der Waals surface area contributed by atoms with Gasteiger partial charge in [-0.15, -0.1) is 11.3 Å². The van der Waals surface area contributed by atoms with E-state index in [1.165, 1.54) is 12.8 Å². The van der Waals surface area contributed by atoms with E-state index in [1.807, 2.05) is 66.7 Å². The predicted octanol–water partition coefficient (Wildman–Crippen LogP) is 6.17. The van der Waals surface area contributed by atoms with Crippen molar-refractivity contribution in [1.29, 1.82) is 0 Å². The molecule has 4 aromatic rings. The molecule has 1 aliphatic carbocycles. The summed E-state index contributed by atoms with van der Waals surface area (Å²) in [6.07, 6.45) is 4.11. The van der Waals surface area contributed by atoms with E-state index in [-0.39, 0.29) is 0 Å². The van der Waals surface area contributed by atoms with E-state index in [0.29, 0.717) is 6.04 Å². The molecule has 0 aliphatic heterocycles. The number of thiazole rings is 1. The highest BCUT2D eigenvalue weighted by Gasteiger charge is 2.28. The summed E-state index contributed by atoms with van der Waals surface area (Å²) in [4.78, 5) is 5.87. The maximum atomic E-state index is 5.85. The minimum atomic E-state index is 0.524. The number of aromatic nitrogens is 1. The standard InChI is InChI=1S/C22H18N2O2S/c1-2-5-18(6-3-1)26-19-12-8-16(9-13-19)23-22-24(17-10-11-17)20(15-27-22)21-7-4-14-25-21/h1-9,12-15,17H,10-11H2. The fraction of sp³-hybridized carbons (Fsp3) is 0.136. The molecule has 0 atom stereocenters. The molecule has 5 heteroatoms. The van der Waals surface area contributed by atoms with Crippen LogP contribution in [0.25, 0.3) is 11.5 Å². The first-order valence-corrected chi connectivity index (χ1v) is 9.86. The number of nitrogens with zero attached hydrogens (tertiary/aromatic N) is 2. The average Bonchev–Trinajstić information content (AvgIpc) is 3.23. The van der Waals surface area contributed by atoms with Gasteiger partial charge in [-0.3, -0.25) is 0 Å². The number of para-hydroxylation sites is 1. The van der Waals surface area contributed by atoms with Crippen molar-refractivity contribution in [2.24, 2.45) is 4.99 Å². The van der Waals surface area contributed by atoms with Crippen LogP contribution in [0.3, 0.4) is 0 Å². The molecular weight excluding hydrogens is 356 g/mol. The van der Waals surface area contributed by atoms with Crippen LogP contribution in [-0.4, -0.2) is 4.57 Å². The van der Waals surface area contributed by atoms with Gasteiger partial charge in [0.05, 0.1) is 17.6 Å². The summed E-state index contributed by atoms with van der Waals surface area (Å²) < 4.78 is 13.8. The van der Waals surface area contributed by atoms with Crippen LogP contribution in [-0.2, 0) is 0 Å². The molecule has 2 heterocycles. The fourth-order valence-electron chi connectivity index (χ4n) is 3.02. The number of furan rings is 1. The number of hydrogen-bond donors (Lipinski definition) is 0. The van der Waals surface area contributed by atoms with Crippen LogP contribution < -0.4 is 9.54 Å². The number of rotatable bonds is 5. The van der Waals surface area contributed by atoms with Crippen LogP contribution in [0.1, 0.15) is 18.9 Å². The number of ether oxygens (including phenoxy) is 1. The highest BCUT2D eigenvalue weighted by Crippen LogP contribution is 2.38. The molecule has 1 aliphatic rings. The van der Waals surface area contributed by atoms with Gasteiger partial charge in [-0.1, -0.05) is 18.2 Å². The zero-order valence-electron chi connectivity index (χ0n) is 14.6. The van der Waals surface area contributed by atoms with Crippen molar-refractivity contribution in [3.8, 4) is 23.0 Å². The lowest BCUT2D eigenvalue weighted by molar-refractivity contribution is 0.483. The van der Waals surface area contributed by atoms with E-state index in [4.69, 9.17) is 14.1 Å². The van der Waals surface area contributed by atoms with Crippen molar-refractivity contribution < 1.29 is 9.15 Å². The Hall–Kier alpha value is -3.05. The second kappa shape index (κ2) is 6.93. The second-order valence-corrected chi connectivity index (χ2v) is 7.34. The third-order valence-corrected chi connectivity index (χ3v) is 5.31. The van der Waals surface area contributed by atoms with Crippen LogP contribution in [0.2, 0.25) is 0 Å². The molecular formula is C22H18N2O2S. The second-order valence-electron chi connectivity index (χ2n) is 6.50. The Labute approximate surface area is 161 Å². The summed E-state index contributed by atoms with van der Waals surface area (Å²) in [5, 5.41) is 2.13. The lowest BCUT2D eigenvalue weighted by Crippen LogP contribution is -2.14. The van der Waals surface area contributed by atoms with Crippen LogP contribution in [0.15, 0.2) is 87.8 Å². The Morgan fingerprint density at radius 1 is 0.926 bits per heavy atom. The normalized spacial score (nSPS) is 14.4. The maximum Gasteiger partial charge on any atom is 0.190 e. The third kappa shape index (κ3) is 3.46. The van der Waals surface area contributed by atoms with Gasteiger partial charge < -0.3 is 13.7 Å². The van der Waals surface area contributed by atoms with Crippen LogP contribution in [0, 0.1) is 0 Å². The van der Waals surface area contributed by atoms with E-state index in [0.717, 1.165) is 33.4 Å². The zero-order valence-corrected chi connectivity index (χ0v) is 15.4. The Morgan fingerprint density at radius 2 is 1.70 bits per heavy atom. The monoisotopic (exact) mass is 374 g/mol. The summed E-state index contributed by atoms with van der Waals surface area (Å²) in [5.41, 5.74) is 2.02. The molecule has 0 bridgehead atoms. The minimum absolute atomic E-state index is 0.524. The van der Waals surface area contributed by atoms with Gasteiger partial charge in [-0.05, 0) is 61.4 Å². The molecule has 0 amide bonds. The van der Waals surface area contributed by atoms with E-state index in [9.17, 15) is 0 Å². The molecule has 2 aromatic carbocycles. The Bertz CT molecular complexity index is 1090. The van der Waals surface area contributed by atoms with Crippen LogP contribution in [0.5, 0.6) is 11.5 Å². The van der Waals surface area contributed by atoms with E-state index in [2.05, 4.69) is 9.95 Å². The van der Waals surface area contributed by atoms with Gasteiger partial charge in [0.25, 0.3) is 0 Å². The Kier molecular flexibility index (Phi) is 4.14. The fourth-order valence-corrected chi connectivity index (χ4v) is 3.98. The molecule has 4 nitrogen and oxygen atoms in total. The summed E-state index contributed by atoms with van der Waals surface area (Å²) in [6.45, 7) is 0. The summed E-state index contributed by atoms with van der Waals surface area (Å²) in [5.74, 6) is 2.53. The van der Waals surface area contributed by atoms with Crippen molar-refractivity contribution in [2.75, 3.05) is 0 Å². The van der Waals surface area contributed by atoms with Gasteiger partial charge in [-0.2, -0.15) is 0 Å². The van der Waals surface area contributed by atoms with E-state index >= 15 is 0 Å². The largest absolute Gasteiger partial charge is 0.463 e. The van der Waals surface area contributed by atoms with Crippen molar-refractivity contribution >= 4 is 17.0 Å². The molecule has 0 N–H and O–H groups in total. The van der Waals surface area contributed by atoms with Crippen molar-refractivity contribution in [3.05, 3.63) is 83.2 Å². The van der Waals surface area contributed by atoms with Gasteiger partial charge in [-0.25, -0.2) is 4.99 Å². The van der Waals surface area contributed by atoms with E-state index in [1.54, 1.807) is 17.6 Å². The predicted molar refractivity (Wildman–Crippen MR) is 106 cm³/mol. The molecule has 0 radical (unpaired) electrons. The first kappa shape index (κ1) is 16.1. The Morgan fingerprint density at radius 3 is 2.41 bits per heavy atom. The molecule has 2 aromatic heterocycles. The molecule has 0 unspecified atom stereocenters. The summed E-state index contributed by atoms with van der Waals surface area (Å²) >= 11 is 1.65. The van der Waals surface area contributed by atoms with Crippen molar-refractivity contribution in [2.45, 2.75) is 18.9 Å². The molecule has 0 spiro atoms. The molecule has 1 fully saturated rings. The van der Waals surface area contributed by atoms with Crippen molar-refractivity contribution in [1.82, 2.24) is 4.57 Å². The molecule has 1 saturated carbocycles. The molecule has 134 valence electrons. The first-order chi connectivity index (χ1) is 13.4. The first-order valence-electron chi connectivity index (χ1n) is 8.98. The highest BCUT2D eigenvalue weighted by molar-refractivity contribution is 7.07. The average molecular weight is 374 g/mol. The lowest BCUT2D eigenvalue weighted by Gasteiger charge is -2.06. The molecule has 5 rings (SSSR count). The quantitative estimate of drug-likeness (QED) is 0.419. The SMILES string of the molecule is c1ccc(Oc2ccc(N=c3scc(-c4ccco4)n3C3CC3)cc2)cc1. The number of hydrogen-bond acceptors (Lipinski definition) is 4. The smallest absolute Gasteiger partial charge is 0.190 e. The van der Waals surface area contributed by atoms with Gasteiger partial charge in [0, 0.05) is 11.4 Å². The van der Waals surface area contributed by atoms with E-state index < -0.39 is 0 Å². The van der Waals surface area contributed by atoms with Gasteiger partial charge >= 0.3 is 0 Å². The highest BCUT2D eigenvalue weighted by atomic mass is 32.1. The number of benzene rings is 2.